The molecule has 28 heavy (non-hydrogen) atoms. The van der Waals surface area contributed by atoms with Crippen LogP contribution in [0.25, 0.3) is 0 Å². The van der Waals surface area contributed by atoms with Gasteiger partial charge in [0.1, 0.15) is 0 Å². The van der Waals surface area contributed by atoms with Crippen molar-refractivity contribution in [1.82, 2.24) is 0 Å². The topological polar surface area (TPSA) is 54.4 Å². The van der Waals surface area contributed by atoms with E-state index in [1.165, 1.54) is 0 Å². The fourth-order valence-electron chi connectivity index (χ4n) is 3.51. The Morgan fingerprint density at radius 3 is 1.71 bits per heavy atom. The van der Waals surface area contributed by atoms with Gasteiger partial charge in [0, 0.05) is 28.7 Å². The lowest BCUT2D eigenvalue weighted by atomic mass is 9.81. The van der Waals surface area contributed by atoms with Gasteiger partial charge in [-0.15, -0.1) is 0 Å². The smallest absolute Gasteiger partial charge is 0.389 e. The molecule has 6 heteroatoms. The normalized spacial score (nSPS) is 18.1. The molecule has 0 amide bonds. The van der Waals surface area contributed by atoms with Crippen molar-refractivity contribution in [3.05, 3.63) is 22.3 Å². The Bertz CT molecular complexity index is 640. The van der Waals surface area contributed by atoms with E-state index < -0.39 is 18.2 Å². The summed E-state index contributed by atoms with van der Waals surface area (Å²) in [5.41, 5.74) is 1.02. The van der Waals surface area contributed by atoms with Crippen LogP contribution in [0, 0.1) is 0 Å². The summed E-state index contributed by atoms with van der Waals surface area (Å²) in [6.45, 7) is 6.72. The highest BCUT2D eigenvalue weighted by molar-refractivity contribution is 6.24. The van der Waals surface area contributed by atoms with Crippen LogP contribution < -0.4 is 0 Å². The first-order valence-electron chi connectivity index (χ1n) is 10.1. The Kier molecular flexibility index (Phi) is 9.12. The Hall–Kier alpha value is -1.43. The molecule has 0 radical (unpaired) electrons. The molecular formula is C22H33F3O3. The van der Waals surface area contributed by atoms with E-state index in [9.17, 15) is 27.9 Å². The first-order chi connectivity index (χ1) is 12.9. The highest BCUT2D eigenvalue weighted by Crippen LogP contribution is 2.30. The minimum Gasteiger partial charge on any atom is -0.390 e. The van der Waals surface area contributed by atoms with Crippen LogP contribution in [0.2, 0.25) is 0 Å². The second kappa shape index (κ2) is 10.4. The predicted octanol–water partition coefficient (Wildman–Crippen LogP) is 6.01. The fourth-order valence-corrected chi connectivity index (χ4v) is 3.51. The van der Waals surface area contributed by atoms with Crippen LogP contribution in [0.1, 0.15) is 91.9 Å². The third kappa shape index (κ3) is 7.90. The molecule has 0 spiro atoms. The zero-order valence-corrected chi connectivity index (χ0v) is 17.5. The van der Waals surface area contributed by atoms with E-state index >= 15 is 0 Å². The van der Waals surface area contributed by atoms with Crippen LogP contribution in [0.5, 0.6) is 0 Å². The summed E-state index contributed by atoms with van der Waals surface area (Å²) in [4.78, 5) is 24.6. The van der Waals surface area contributed by atoms with Gasteiger partial charge in [-0.2, -0.15) is 13.2 Å². The van der Waals surface area contributed by atoms with E-state index in [1.54, 1.807) is 27.7 Å². The SMILES string of the molecule is CC1=C(C)C(=O)C(CCC(C)(O)CCCCCCCCC(F)(F)F)=C(C)C1=O. The van der Waals surface area contributed by atoms with Gasteiger partial charge in [0.05, 0.1) is 5.60 Å². The number of Topliss-reactive ketones (excluding diaryl/α,β-unsaturated/α-hetero) is 2. The van der Waals surface area contributed by atoms with Crippen LogP contribution in [-0.4, -0.2) is 28.5 Å². The molecule has 0 saturated heterocycles. The molecule has 0 fully saturated rings. The molecule has 1 atom stereocenters. The Morgan fingerprint density at radius 1 is 0.714 bits per heavy atom. The van der Waals surface area contributed by atoms with E-state index in [0.717, 1.165) is 25.7 Å². The van der Waals surface area contributed by atoms with Gasteiger partial charge >= 0.3 is 6.18 Å². The molecule has 0 aliphatic heterocycles. The number of alkyl halides is 3. The first kappa shape index (κ1) is 24.6. The minimum absolute atomic E-state index is 0.0998. The molecule has 1 aliphatic carbocycles. The van der Waals surface area contributed by atoms with Crippen molar-refractivity contribution in [1.29, 1.82) is 0 Å². The van der Waals surface area contributed by atoms with Crippen molar-refractivity contribution in [2.45, 2.75) is 104 Å². The van der Waals surface area contributed by atoms with Gasteiger partial charge in [0.25, 0.3) is 0 Å². The van der Waals surface area contributed by atoms with E-state index in [4.69, 9.17) is 0 Å². The fraction of sp³-hybridized carbons (Fsp3) is 0.727. The summed E-state index contributed by atoms with van der Waals surface area (Å²) in [6.07, 6.45) is 0.579. The van der Waals surface area contributed by atoms with Crippen LogP contribution in [0.4, 0.5) is 13.2 Å². The number of hydrogen-bond acceptors (Lipinski definition) is 3. The lowest BCUT2D eigenvalue weighted by molar-refractivity contribution is -0.135. The van der Waals surface area contributed by atoms with Crippen LogP contribution in [0.3, 0.4) is 0 Å². The van der Waals surface area contributed by atoms with Crippen molar-refractivity contribution in [3.8, 4) is 0 Å². The molecule has 0 aromatic carbocycles. The standard InChI is InChI=1S/C22H33F3O3/c1-15-16(2)20(27)18(17(3)19(15)26)11-14-21(4,28)12-9-7-5-6-8-10-13-22(23,24)25/h28H,5-14H2,1-4H3. The molecule has 0 aromatic heterocycles. The summed E-state index contributed by atoms with van der Waals surface area (Å²) in [5, 5.41) is 10.6. The van der Waals surface area contributed by atoms with Crippen molar-refractivity contribution < 1.29 is 27.9 Å². The monoisotopic (exact) mass is 402 g/mol. The van der Waals surface area contributed by atoms with Crippen molar-refractivity contribution in [2.24, 2.45) is 0 Å². The second-order valence-electron chi connectivity index (χ2n) is 8.25. The zero-order chi connectivity index (χ0) is 21.5. The number of carbonyl (C=O) groups is 2. The van der Waals surface area contributed by atoms with E-state index in [0.29, 0.717) is 48.0 Å². The third-order valence-electron chi connectivity index (χ3n) is 5.65. The molecule has 1 rings (SSSR count). The van der Waals surface area contributed by atoms with Crippen molar-refractivity contribution >= 4 is 11.6 Å². The van der Waals surface area contributed by atoms with E-state index in [-0.39, 0.29) is 18.0 Å². The van der Waals surface area contributed by atoms with E-state index in [1.807, 2.05) is 0 Å². The number of allylic oxidation sites excluding steroid dienone is 4. The van der Waals surface area contributed by atoms with Crippen molar-refractivity contribution in [2.75, 3.05) is 0 Å². The molecule has 1 N–H and O–H groups in total. The Labute approximate surface area is 166 Å². The summed E-state index contributed by atoms with van der Waals surface area (Å²) in [5.74, 6) is -0.207. The number of hydrogen-bond donors (Lipinski definition) is 1. The molecular weight excluding hydrogens is 369 g/mol. The summed E-state index contributed by atoms with van der Waals surface area (Å²) >= 11 is 0. The van der Waals surface area contributed by atoms with Gasteiger partial charge in [-0.25, -0.2) is 0 Å². The number of aliphatic hydroxyl groups is 1. The Balaban J connectivity index is 2.33. The molecule has 1 unspecified atom stereocenters. The zero-order valence-electron chi connectivity index (χ0n) is 17.5. The van der Waals surface area contributed by atoms with Gasteiger partial charge < -0.3 is 5.11 Å². The maximum atomic E-state index is 12.4. The number of rotatable bonds is 11. The summed E-state index contributed by atoms with van der Waals surface area (Å²) in [7, 11) is 0. The number of unbranched alkanes of at least 4 members (excludes halogenated alkanes) is 5. The number of carbonyl (C=O) groups excluding carboxylic acids is 2. The lowest BCUT2D eigenvalue weighted by Crippen LogP contribution is -2.26. The Morgan fingerprint density at radius 2 is 1.18 bits per heavy atom. The molecule has 0 heterocycles. The van der Waals surface area contributed by atoms with Crippen LogP contribution >= 0.6 is 0 Å². The van der Waals surface area contributed by atoms with Crippen LogP contribution in [-0.2, 0) is 9.59 Å². The maximum absolute atomic E-state index is 12.4. The first-order valence-corrected chi connectivity index (χ1v) is 10.1. The highest BCUT2D eigenvalue weighted by atomic mass is 19.4. The van der Waals surface area contributed by atoms with Gasteiger partial charge in [-0.05, 0) is 53.4 Å². The van der Waals surface area contributed by atoms with Crippen molar-refractivity contribution in [3.63, 3.8) is 0 Å². The molecule has 3 nitrogen and oxygen atoms in total. The number of ketones is 2. The van der Waals surface area contributed by atoms with E-state index in [2.05, 4.69) is 0 Å². The molecule has 0 saturated carbocycles. The summed E-state index contributed by atoms with van der Waals surface area (Å²) < 4.78 is 36.2. The molecule has 160 valence electrons. The average Bonchev–Trinajstić information content (AvgIpc) is 2.59. The summed E-state index contributed by atoms with van der Waals surface area (Å²) in [6, 6.07) is 0. The lowest BCUT2D eigenvalue weighted by Gasteiger charge is -2.25. The molecule has 1 aliphatic rings. The van der Waals surface area contributed by atoms with Gasteiger partial charge in [0.2, 0.25) is 0 Å². The highest BCUT2D eigenvalue weighted by Gasteiger charge is 2.29. The quantitative estimate of drug-likeness (QED) is 0.340. The third-order valence-corrected chi connectivity index (χ3v) is 5.65. The van der Waals surface area contributed by atoms with Gasteiger partial charge in [-0.3, -0.25) is 9.59 Å². The average molecular weight is 402 g/mol. The van der Waals surface area contributed by atoms with Gasteiger partial charge in [-0.1, -0.05) is 32.1 Å². The maximum Gasteiger partial charge on any atom is 0.389 e. The largest absolute Gasteiger partial charge is 0.390 e. The predicted molar refractivity (Wildman–Crippen MR) is 104 cm³/mol. The second-order valence-corrected chi connectivity index (χ2v) is 8.25. The van der Waals surface area contributed by atoms with Gasteiger partial charge in [0.15, 0.2) is 11.6 Å². The number of halogens is 3. The molecule has 0 aromatic rings. The van der Waals surface area contributed by atoms with Crippen LogP contribution in [0.15, 0.2) is 22.3 Å². The molecule has 0 bridgehead atoms. The minimum atomic E-state index is -4.07.